The fraction of sp³-hybridized carbons (Fsp3) is 0.515. The molecule has 0 aromatic heterocycles. The zero-order chi connectivity index (χ0) is 31.4. The highest BCUT2D eigenvalue weighted by molar-refractivity contribution is 5.90. The molecule has 2 aromatic rings. The van der Waals surface area contributed by atoms with Gasteiger partial charge in [-0.15, -0.1) is 0 Å². The number of nitro benzene ring substituents is 2. The predicted octanol–water partition coefficient (Wildman–Crippen LogP) is 6.60. The largest absolute Gasteiger partial charge is 0.458 e. The van der Waals surface area contributed by atoms with Gasteiger partial charge in [0.05, 0.1) is 33.7 Å². The van der Waals surface area contributed by atoms with Crippen LogP contribution in [0.5, 0.6) is 0 Å². The highest BCUT2D eigenvalue weighted by Crippen LogP contribution is 2.64. The molecule has 1 heterocycles. The monoisotopic (exact) mass is 604 g/mol. The molecule has 1 aliphatic heterocycles. The third-order valence-corrected chi connectivity index (χ3v) is 11.1. The zero-order valence-electron chi connectivity index (χ0n) is 25.0. The van der Waals surface area contributed by atoms with Crippen LogP contribution in [0.4, 0.5) is 11.4 Å². The Labute approximate surface area is 254 Å². The van der Waals surface area contributed by atoms with Crippen LogP contribution in [-0.4, -0.2) is 46.2 Å². The summed E-state index contributed by atoms with van der Waals surface area (Å²) in [5.74, 6) is -0.367. The number of esters is 2. The highest BCUT2D eigenvalue weighted by atomic mass is 16.6. The van der Waals surface area contributed by atoms with Crippen LogP contribution in [0.1, 0.15) is 80.0 Å². The van der Waals surface area contributed by atoms with Gasteiger partial charge in [0.1, 0.15) is 11.7 Å². The van der Waals surface area contributed by atoms with E-state index in [1.54, 1.807) is 0 Å². The van der Waals surface area contributed by atoms with Gasteiger partial charge in [-0.3, -0.25) is 20.2 Å². The molecule has 11 nitrogen and oxygen atoms in total. The molecule has 4 aliphatic rings. The maximum Gasteiger partial charge on any atom is 0.338 e. The van der Waals surface area contributed by atoms with E-state index in [0.717, 1.165) is 32.1 Å². The van der Waals surface area contributed by atoms with Crippen LogP contribution in [0.25, 0.3) is 0 Å². The van der Waals surface area contributed by atoms with Crippen molar-refractivity contribution >= 4 is 23.3 Å². The molecule has 2 saturated carbocycles. The van der Waals surface area contributed by atoms with Crippen molar-refractivity contribution < 1.29 is 33.6 Å². The average Bonchev–Trinajstić information content (AvgIpc) is 3.27. The Balaban J connectivity index is 1.14. The summed E-state index contributed by atoms with van der Waals surface area (Å²) in [6, 6.07) is 10.9. The van der Waals surface area contributed by atoms with Crippen molar-refractivity contribution in [2.24, 2.45) is 22.7 Å². The number of nitro groups is 2. The van der Waals surface area contributed by atoms with Gasteiger partial charge in [-0.1, -0.05) is 25.5 Å². The number of hydrogen-bond donors (Lipinski definition) is 0. The topological polar surface area (TPSA) is 148 Å². The van der Waals surface area contributed by atoms with Crippen LogP contribution in [0.3, 0.4) is 0 Å². The minimum atomic E-state index is -0.851. The van der Waals surface area contributed by atoms with E-state index in [2.05, 4.69) is 19.9 Å². The number of benzene rings is 2. The molecule has 11 heteroatoms. The van der Waals surface area contributed by atoms with Gasteiger partial charge in [0.25, 0.3) is 11.4 Å². The Hall–Kier alpha value is -4.12. The van der Waals surface area contributed by atoms with Gasteiger partial charge >= 0.3 is 11.9 Å². The van der Waals surface area contributed by atoms with Gasteiger partial charge < -0.3 is 14.2 Å². The number of fused-ring (bicyclic) bond motifs is 5. The number of rotatable bonds is 6. The molecular weight excluding hydrogens is 568 g/mol. The SMILES string of the molecule is CC1(OC(=O)c2ccc([N+](=O)[O-])cc2)COC2C3CC=C4CC(OC(=O)c5ccc([N+](=O)[O-])cc5)CC[C@]4(C)C3CC[C@@]21C. The zero-order valence-corrected chi connectivity index (χ0v) is 25.0. The molecule has 7 atom stereocenters. The summed E-state index contributed by atoms with van der Waals surface area (Å²) in [7, 11) is 0. The first-order chi connectivity index (χ1) is 20.8. The number of ether oxygens (including phenoxy) is 3. The fourth-order valence-electron chi connectivity index (χ4n) is 8.25. The third-order valence-electron chi connectivity index (χ3n) is 11.1. The second-order valence-corrected chi connectivity index (χ2v) is 13.3. The number of allylic oxidation sites excluding steroid dienone is 1. The molecule has 0 bridgehead atoms. The molecule has 6 rings (SSSR count). The molecule has 3 fully saturated rings. The number of non-ortho nitro benzene ring substituents is 2. The molecule has 5 unspecified atom stereocenters. The standard InChI is InChI=1S/C33H36N2O9/c1-31-16-14-25(43-29(36)20-4-9-23(10-5-20)34(38)39)18-22(31)8-13-26-27(31)15-17-32(2)28(26)42-19-33(32,3)44-30(37)21-6-11-24(12-7-21)35(40)41/h4-12,25-28H,13-19H2,1-3H3/t25?,26?,27?,28?,31-,32-,33?/m0/s1. The third kappa shape index (κ3) is 4.87. The van der Waals surface area contributed by atoms with Crippen molar-refractivity contribution in [1.82, 2.24) is 0 Å². The molecular formula is C33H36N2O9. The lowest BCUT2D eigenvalue weighted by atomic mass is 9.48. The van der Waals surface area contributed by atoms with Crippen molar-refractivity contribution in [3.8, 4) is 0 Å². The van der Waals surface area contributed by atoms with Crippen LogP contribution in [0.15, 0.2) is 60.2 Å². The van der Waals surface area contributed by atoms with Gasteiger partial charge in [0, 0.05) is 36.1 Å². The van der Waals surface area contributed by atoms with Crippen LogP contribution < -0.4 is 0 Å². The maximum absolute atomic E-state index is 13.1. The van der Waals surface area contributed by atoms with Crippen LogP contribution in [0, 0.1) is 42.9 Å². The van der Waals surface area contributed by atoms with E-state index < -0.39 is 32.8 Å². The average molecular weight is 605 g/mol. The Kier molecular flexibility index (Phi) is 7.34. The van der Waals surface area contributed by atoms with Crippen molar-refractivity contribution in [1.29, 1.82) is 0 Å². The fourth-order valence-corrected chi connectivity index (χ4v) is 8.25. The lowest BCUT2D eigenvalue weighted by Crippen LogP contribution is -2.57. The van der Waals surface area contributed by atoms with E-state index in [0.29, 0.717) is 17.9 Å². The van der Waals surface area contributed by atoms with Crippen LogP contribution >= 0.6 is 0 Å². The Morgan fingerprint density at radius 1 is 0.864 bits per heavy atom. The maximum atomic E-state index is 13.1. The lowest BCUT2D eigenvalue weighted by molar-refractivity contribution is -0.385. The lowest BCUT2D eigenvalue weighted by Gasteiger charge is -2.57. The first-order valence-electron chi connectivity index (χ1n) is 15.1. The van der Waals surface area contributed by atoms with Crippen molar-refractivity contribution in [2.75, 3.05) is 6.61 Å². The molecule has 232 valence electrons. The normalized spacial score (nSPS) is 34.0. The predicted molar refractivity (Wildman–Crippen MR) is 158 cm³/mol. The second kappa shape index (κ2) is 10.8. The van der Waals surface area contributed by atoms with Crippen molar-refractivity contribution in [3.63, 3.8) is 0 Å². The van der Waals surface area contributed by atoms with E-state index in [-0.39, 0.29) is 47.1 Å². The molecule has 3 aliphatic carbocycles. The summed E-state index contributed by atoms with van der Waals surface area (Å²) >= 11 is 0. The summed E-state index contributed by atoms with van der Waals surface area (Å²) in [5, 5.41) is 21.9. The van der Waals surface area contributed by atoms with Crippen molar-refractivity contribution in [2.45, 2.75) is 77.1 Å². The van der Waals surface area contributed by atoms with E-state index in [9.17, 15) is 29.8 Å². The first-order valence-corrected chi connectivity index (χ1v) is 15.1. The molecule has 0 spiro atoms. The number of hydrogen-bond acceptors (Lipinski definition) is 9. The van der Waals surface area contributed by atoms with Gasteiger partial charge in [0.2, 0.25) is 0 Å². The van der Waals surface area contributed by atoms with Gasteiger partial charge in [0.15, 0.2) is 0 Å². The van der Waals surface area contributed by atoms with Gasteiger partial charge in [-0.25, -0.2) is 9.59 Å². The van der Waals surface area contributed by atoms with E-state index in [1.165, 1.54) is 54.1 Å². The van der Waals surface area contributed by atoms with Crippen LogP contribution in [-0.2, 0) is 14.2 Å². The summed E-state index contributed by atoms with van der Waals surface area (Å²) in [4.78, 5) is 46.9. The smallest absolute Gasteiger partial charge is 0.338 e. The molecule has 44 heavy (non-hydrogen) atoms. The van der Waals surface area contributed by atoms with Gasteiger partial charge in [-0.05, 0) is 80.5 Å². The van der Waals surface area contributed by atoms with E-state index >= 15 is 0 Å². The van der Waals surface area contributed by atoms with E-state index in [1.807, 2.05) is 6.92 Å². The highest BCUT2D eigenvalue weighted by Gasteiger charge is 2.65. The number of nitrogens with zero attached hydrogens (tertiary/aromatic N) is 2. The minimum Gasteiger partial charge on any atom is -0.458 e. The Morgan fingerprint density at radius 2 is 1.45 bits per heavy atom. The van der Waals surface area contributed by atoms with Crippen LogP contribution in [0.2, 0.25) is 0 Å². The summed E-state index contributed by atoms with van der Waals surface area (Å²) in [5.41, 5.74) is 0.399. The first kappa shape index (κ1) is 29.9. The molecule has 0 amide bonds. The molecule has 1 saturated heterocycles. The van der Waals surface area contributed by atoms with Crippen molar-refractivity contribution in [3.05, 3.63) is 91.5 Å². The Morgan fingerprint density at radius 3 is 2.05 bits per heavy atom. The summed E-state index contributed by atoms with van der Waals surface area (Å²) < 4.78 is 18.5. The molecule has 2 aromatic carbocycles. The molecule has 0 radical (unpaired) electrons. The number of carbonyl (C=O) groups excluding carboxylic acids is 2. The minimum absolute atomic E-state index is 0.0572. The second-order valence-electron chi connectivity index (χ2n) is 13.3. The molecule has 0 N–H and O–H groups in total. The quantitative estimate of drug-likeness (QED) is 0.154. The summed E-state index contributed by atoms with van der Waals surface area (Å²) in [6.45, 7) is 6.69. The van der Waals surface area contributed by atoms with Gasteiger partial charge in [-0.2, -0.15) is 0 Å². The Bertz CT molecular complexity index is 1540. The summed E-state index contributed by atoms with van der Waals surface area (Å²) in [6.07, 6.45) is 6.79. The van der Waals surface area contributed by atoms with E-state index in [4.69, 9.17) is 14.2 Å². The number of carbonyl (C=O) groups is 2.